The van der Waals surface area contributed by atoms with E-state index in [2.05, 4.69) is 9.97 Å². The second-order valence-electron chi connectivity index (χ2n) is 4.50. The molecule has 0 saturated carbocycles. The number of nitrogens with zero attached hydrogens (tertiary/aromatic N) is 3. The first kappa shape index (κ1) is 12.8. The van der Waals surface area contributed by atoms with Crippen LogP contribution in [0.3, 0.4) is 0 Å². The van der Waals surface area contributed by atoms with E-state index >= 15 is 0 Å². The van der Waals surface area contributed by atoms with Gasteiger partial charge in [0.1, 0.15) is 0 Å². The van der Waals surface area contributed by atoms with Crippen molar-refractivity contribution < 1.29 is 4.79 Å². The largest absolute Gasteiger partial charge is 0.349 e. The average molecular weight is 264 g/mol. The van der Waals surface area contributed by atoms with Crippen LogP contribution in [-0.2, 0) is 11.3 Å². The first-order valence-electron chi connectivity index (χ1n) is 5.74. The van der Waals surface area contributed by atoms with Crippen LogP contribution in [-0.4, -0.2) is 39.4 Å². The molecule has 0 aliphatic carbocycles. The lowest BCUT2D eigenvalue weighted by Gasteiger charge is -2.10. The lowest BCUT2D eigenvalue weighted by atomic mass is 10.3. The predicted molar refractivity (Wildman–Crippen MR) is 73.0 cm³/mol. The quantitative estimate of drug-likeness (QED) is 0.861. The van der Waals surface area contributed by atoms with Gasteiger partial charge in [0, 0.05) is 33.3 Å². The number of carbonyl (C=O) groups excluding carboxylic acids is 1. The molecule has 18 heavy (non-hydrogen) atoms. The van der Waals surface area contributed by atoms with E-state index in [-0.39, 0.29) is 5.91 Å². The van der Waals surface area contributed by atoms with E-state index < -0.39 is 0 Å². The second kappa shape index (κ2) is 4.89. The normalized spacial score (nSPS) is 10.8. The van der Waals surface area contributed by atoms with Crippen LogP contribution in [0.25, 0.3) is 11.2 Å². The lowest BCUT2D eigenvalue weighted by Crippen LogP contribution is -2.22. The summed E-state index contributed by atoms with van der Waals surface area (Å²) in [6.07, 6.45) is 2.22. The molecule has 1 N–H and O–H groups in total. The van der Waals surface area contributed by atoms with Gasteiger partial charge in [-0.1, -0.05) is 0 Å². The molecule has 2 aromatic heterocycles. The second-order valence-corrected chi connectivity index (χ2v) is 4.89. The molecular formula is C12H16N4OS. The summed E-state index contributed by atoms with van der Waals surface area (Å²) < 4.78 is 2.47. The summed E-state index contributed by atoms with van der Waals surface area (Å²) in [6.45, 7) is 2.53. The van der Waals surface area contributed by atoms with Gasteiger partial charge >= 0.3 is 0 Å². The number of aromatic nitrogens is 3. The Morgan fingerprint density at radius 2 is 2.28 bits per heavy atom. The predicted octanol–water partition coefficient (Wildman–Crippen LogP) is 1.88. The topological polar surface area (TPSA) is 53.9 Å². The zero-order chi connectivity index (χ0) is 13.3. The van der Waals surface area contributed by atoms with Crippen molar-refractivity contribution in [2.75, 3.05) is 14.1 Å². The zero-order valence-corrected chi connectivity index (χ0v) is 11.5. The number of aromatic amines is 1. The molecule has 0 aliphatic heterocycles. The minimum atomic E-state index is 0.0818. The van der Waals surface area contributed by atoms with Gasteiger partial charge in [-0.25, -0.2) is 4.98 Å². The van der Waals surface area contributed by atoms with E-state index in [1.54, 1.807) is 25.2 Å². The summed E-state index contributed by atoms with van der Waals surface area (Å²) in [5.74, 6) is 0.0818. The van der Waals surface area contributed by atoms with Crippen LogP contribution in [0.1, 0.15) is 12.0 Å². The van der Waals surface area contributed by atoms with Gasteiger partial charge in [-0.3, -0.25) is 4.79 Å². The maximum atomic E-state index is 11.6. The van der Waals surface area contributed by atoms with Crippen LogP contribution >= 0.6 is 12.2 Å². The van der Waals surface area contributed by atoms with Crippen molar-refractivity contribution in [2.24, 2.45) is 0 Å². The summed E-state index contributed by atoms with van der Waals surface area (Å²) in [5.41, 5.74) is 2.80. The number of hydrogen-bond acceptors (Lipinski definition) is 3. The van der Waals surface area contributed by atoms with Crippen LogP contribution in [0, 0.1) is 11.7 Å². The molecular weight excluding hydrogens is 248 g/mol. The smallest absolute Gasteiger partial charge is 0.223 e. The van der Waals surface area contributed by atoms with Crippen molar-refractivity contribution in [3.8, 4) is 0 Å². The number of fused-ring (bicyclic) bond motifs is 1. The summed E-state index contributed by atoms with van der Waals surface area (Å²) >= 11 is 5.26. The summed E-state index contributed by atoms with van der Waals surface area (Å²) in [6, 6.07) is 2.00. The number of hydrogen-bond donors (Lipinski definition) is 1. The fourth-order valence-electron chi connectivity index (χ4n) is 1.79. The number of pyridine rings is 1. The maximum absolute atomic E-state index is 11.6. The molecule has 96 valence electrons. The third kappa shape index (κ3) is 2.43. The van der Waals surface area contributed by atoms with Gasteiger partial charge in [0.25, 0.3) is 0 Å². The number of aryl methyl sites for hydroxylation is 2. The molecule has 2 aromatic rings. The molecule has 2 heterocycles. The van der Waals surface area contributed by atoms with Gasteiger partial charge in [0.15, 0.2) is 10.4 Å². The highest BCUT2D eigenvalue weighted by atomic mass is 32.1. The third-order valence-electron chi connectivity index (χ3n) is 2.79. The van der Waals surface area contributed by atoms with Crippen molar-refractivity contribution in [3.63, 3.8) is 0 Å². The Morgan fingerprint density at radius 1 is 1.56 bits per heavy atom. The van der Waals surface area contributed by atoms with Crippen LogP contribution in [0.4, 0.5) is 0 Å². The standard InChI is InChI=1S/C12H16N4OS/c1-8-6-9-11(13-7-8)16(12(18)14-9)5-4-10(17)15(2)3/h6-7H,4-5H2,1-3H3,(H,14,18). The molecule has 0 fully saturated rings. The van der Waals surface area contributed by atoms with Crippen molar-refractivity contribution in [2.45, 2.75) is 19.9 Å². The Bertz CT molecular complexity index is 641. The van der Waals surface area contributed by atoms with Crippen molar-refractivity contribution in [3.05, 3.63) is 22.6 Å². The van der Waals surface area contributed by atoms with E-state index in [0.717, 1.165) is 16.7 Å². The number of imidazole rings is 1. The van der Waals surface area contributed by atoms with Gasteiger partial charge in [0.05, 0.1) is 5.52 Å². The van der Waals surface area contributed by atoms with Crippen LogP contribution in [0.2, 0.25) is 0 Å². The minimum Gasteiger partial charge on any atom is -0.349 e. The van der Waals surface area contributed by atoms with Crippen molar-refractivity contribution in [1.82, 2.24) is 19.4 Å². The molecule has 0 unspecified atom stereocenters. The minimum absolute atomic E-state index is 0.0818. The molecule has 0 bridgehead atoms. The third-order valence-corrected chi connectivity index (χ3v) is 3.12. The van der Waals surface area contributed by atoms with Crippen LogP contribution in [0.5, 0.6) is 0 Å². The summed E-state index contributed by atoms with van der Waals surface area (Å²) in [5, 5.41) is 0. The van der Waals surface area contributed by atoms with Crippen LogP contribution in [0.15, 0.2) is 12.3 Å². The van der Waals surface area contributed by atoms with Gasteiger partial charge in [-0.05, 0) is 30.8 Å². The Hall–Kier alpha value is -1.69. The Labute approximate surface area is 110 Å². The molecule has 1 amide bonds. The Balaban J connectivity index is 2.31. The van der Waals surface area contributed by atoms with E-state index in [0.29, 0.717) is 17.7 Å². The summed E-state index contributed by atoms with van der Waals surface area (Å²) in [7, 11) is 3.50. The SMILES string of the molecule is Cc1cnc2c(c1)[nH]c(=S)n2CCC(=O)N(C)C. The zero-order valence-electron chi connectivity index (χ0n) is 10.7. The molecule has 0 saturated heterocycles. The van der Waals surface area contributed by atoms with Gasteiger partial charge in [-0.15, -0.1) is 0 Å². The highest BCUT2D eigenvalue weighted by Gasteiger charge is 2.09. The first-order chi connectivity index (χ1) is 8.49. The monoisotopic (exact) mass is 264 g/mol. The first-order valence-corrected chi connectivity index (χ1v) is 6.15. The van der Waals surface area contributed by atoms with Gasteiger partial charge < -0.3 is 14.5 Å². The van der Waals surface area contributed by atoms with Crippen molar-refractivity contribution in [1.29, 1.82) is 0 Å². The molecule has 0 aliphatic rings. The van der Waals surface area contributed by atoms with Gasteiger partial charge in [0.2, 0.25) is 5.91 Å². The Morgan fingerprint density at radius 3 is 2.94 bits per heavy atom. The Kier molecular flexibility index (Phi) is 3.47. The number of carbonyl (C=O) groups is 1. The molecule has 0 spiro atoms. The number of nitrogens with one attached hydrogen (secondary N) is 1. The van der Waals surface area contributed by atoms with E-state index in [1.165, 1.54) is 0 Å². The fourth-order valence-corrected chi connectivity index (χ4v) is 2.07. The van der Waals surface area contributed by atoms with Crippen molar-refractivity contribution >= 4 is 29.3 Å². The molecule has 2 rings (SSSR count). The molecule has 0 radical (unpaired) electrons. The molecule has 0 aromatic carbocycles. The highest BCUT2D eigenvalue weighted by Crippen LogP contribution is 2.13. The highest BCUT2D eigenvalue weighted by molar-refractivity contribution is 7.71. The fraction of sp³-hybridized carbons (Fsp3) is 0.417. The number of H-pyrrole nitrogens is 1. The molecule has 0 atom stereocenters. The van der Waals surface area contributed by atoms with E-state index in [9.17, 15) is 4.79 Å². The average Bonchev–Trinajstić information content (AvgIpc) is 2.60. The van der Waals surface area contributed by atoms with E-state index in [4.69, 9.17) is 12.2 Å². The number of rotatable bonds is 3. The summed E-state index contributed by atoms with van der Waals surface area (Å²) in [4.78, 5) is 20.6. The molecule has 6 heteroatoms. The van der Waals surface area contributed by atoms with Gasteiger partial charge in [-0.2, -0.15) is 0 Å². The maximum Gasteiger partial charge on any atom is 0.223 e. The lowest BCUT2D eigenvalue weighted by molar-refractivity contribution is -0.128. The van der Waals surface area contributed by atoms with Crippen LogP contribution < -0.4 is 0 Å². The number of amides is 1. The molecule has 5 nitrogen and oxygen atoms in total. The van der Waals surface area contributed by atoms with E-state index in [1.807, 2.05) is 17.6 Å².